The predicted octanol–water partition coefficient (Wildman–Crippen LogP) is 2.66. The molecule has 3 rings (SSSR count). The second-order valence-corrected chi connectivity index (χ2v) is 6.30. The summed E-state index contributed by atoms with van der Waals surface area (Å²) < 4.78 is 5.47. The molecule has 25 heavy (non-hydrogen) atoms. The van der Waals surface area contributed by atoms with Crippen LogP contribution in [0.2, 0.25) is 0 Å². The molecular weight excluding hydrogens is 429 g/mol. The van der Waals surface area contributed by atoms with Gasteiger partial charge in [-0.05, 0) is 25.5 Å². The largest absolute Gasteiger partial charge is 0.381 e. The molecule has 1 saturated heterocycles. The molecule has 0 amide bonds. The van der Waals surface area contributed by atoms with Crippen molar-refractivity contribution < 1.29 is 4.74 Å². The van der Waals surface area contributed by atoms with Gasteiger partial charge >= 0.3 is 0 Å². The van der Waals surface area contributed by atoms with Crippen LogP contribution in [0.3, 0.4) is 0 Å². The lowest BCUT2D eigenvalue weighted by Crippen LogP contribution is -2.41. The lowest BCUT2D eigenvalue weighted by molar-refractivity contribution is 0.181. The number of para-hydroxylation sites is 2. The Hall–Kier alpha value is -1.35. The Kier molecular flexibility index (Phi) is 7.95. The summed E-state index contributed by atoms with van der Waals surface area (Å²) in [5.41, 5.74) is 2.10. The highest BCUT2D eigenvalue weighted by Crippen LogP contribution is 2.13. The average Bonchev–Trinajstić information content (AvgIpc) is 3.22. The Bertz CT molecular complexity index is 648. The molecule has 7 heteroatoms. The molecule has 1 atom stereocenters. The molecule has 1 aliphatic rings. The maximum absolute atomic E-state index is 5.47. The van der Waals surface area contributed by atoms with Crippen molar-refractivity contribution in [1.82, 2.24) is 20.2 Å². The normalized spacial score (nSPS) is 17.5. The van der Waals surface area contributed by atoms with Crippen molar-refractivity contribution in [3.63, 3.8) is 0 Å². The van der Waals surface area contributed by atoms with E-state index in [0.29, 0.717) is 12.5 Å². The minimum Gasteiger partial charge on any atom is -0.381 e. The highest BCUT2D eigenvalue weighted by molar-refractivity contribution is 14.0. The minimum absolute atomic E-state index is 0. The van der Waals surface area contributed by atoms with Gasteiger partial charge < -0.3 is 19.9 Å². The van der Waals surface area contributed by atoms with Crippen LogP contribution in [0, 0.1) is 5.92 Å². The van der Waals surface area contributed by atoms with Gasteiger partial charge in [-0.3, -0.25) is 4.99 Å². The molecule has 1 unspecified atom stereocenters. The summed E-state index contributed by atoms with van der Waals surface area (Å²) >= 11 is 0. The zero-order valence-electron chi connectivity index (χ0n) is 15.0. The van der Waals surface area contributed by atoms with Crippen LogP contribution in [0.4, 0.5) is 0 Å². The molecule has 138 valence electrons. The van der Waals surface area contributed by atoms with Crippen LogP contribution < -0.4 is 5.32 Å². The number of nitrogens with one attached hydrogen (secondary N) is 2. The van der Waals surface area contributed by atoms with Crippen LogP contribution in [0.15, 0.2) is 29.3 Å². The van der Waals surface area contributed by atoms with Crippen molar-refractivity contribution in [2.75, 3.05) is 39.9 Å². The first-order valence-corrected chi connectivity index (χ1v) is 8.77. The molecule has 0 saturated carbocycles. The van der Waals surface area contributed by atoms with E-state index in [0.717, 1.165) is 62.0 Å². The van der Waals surface area contributed by atoms with Gasteiger partial charge in [-0.2, -0.15) is 0 Å². The monoisotopic (exact) mass is 457 g/mol. The van der Waals surface area contributed by atoms with Gasteiger partial charge in [0.1, 0.15) is 5.82 Å². The quantitative estimate of drug-likeness (QED) is 0.398. The van der Waals surface area contributed by atoms with Crippen molar-refractivity contribution >= 4 is 41.0 Å². The summed E-state index contributed by atoms with van der Waals surface area (Å²) in [5.74, 6) is 2.55. The average molecular weight is 457 g/mol. The number of hydrogen-bond donors (Lipinski definition) is 2. The number of aromatic amines is 1. The maximum Gasteiger partial charge on any atom is 0.193 e. The first kappa shape index (κ1) is 20.0. The van der Waals surface area contributed by atoms with Gasteiger partial charge in [-0.25, -0.2) is 4.98 Å². The lowest BCUT2D eigenvalue weighted by atomic mass is 10.1. The molecule has 2 N–H and O–H groups in total. The standard InChI is InChI=1S/C18H27N5O.HI/c1-3-19-18(23(2)12-14-9-11-24-13-14)20-10-8-17-21-15-6-4-5-7-16(15)22-17;/h4-7,14H,3,8-13H2,1-2H3,(H,19,20)(H,21,22);1H. The molecular formula is C18H28IN5O. The van der Waals surface area contributed by atoms with Crippen molar-refractivity contribution in [2.24, 2.45) is 10.9 Å². The lowest BCUT2D eigenvalue weighted by Gasteiger charge is -2.24. The zero-order valence-corrected chi connectivity index (χ0v) is 17.3. The number of hydrogen-bond acceptors (Lipinski definition) is 3. The maximum atomic E-state index is 5.47. The fourth-order valence-electron chi connectivity index (χ4n) is 3.06. The number of benzene rings is 1. The Balaban J connectivity index is 0.00000225. The smallest absolute Gasteiger partial charge is 0.193 e. The summed E-state index contributed by atoms with van der Waals surface area (Å²) in [4.78, 5) is 14.9. The fourth-order valence-corrected chi connectivity index (χ4v) is 3.06. The van der Waals surface area contributed by atoms with Gasteiger partial charge in [0.25, 0.3) is 0 Å². The SMILES string of the molecule is CCNC(=NCCc1nc2ccccc2[nH]1)N(C)CC1CCOC1.I. The molecule has 6 nitrogen and oxygen atoms in total. The van der Waals surface area contributed by atoms with E-state index in [1.807, 2.05) is 18.2 Å². The highest BCUT2D eigenvalue weighted by atomic mass is 127. The van der Waals surface area contributed by atoms with E-state index < -0.39 is 0 Å². The second kappa shape index (κ2) is 9.96. The summed E-state index contributed by atoms with van der Waals surface area (Å²) in [6.07, 6.45) is 1.95. The Morgan fingerprint density at radius 3 is 3.00 bits per heavy atom. The number of H-pyrrole nitrogens is 1. The second-order valence-electron chi connectivity index (χ2n) is 6.30. The van der Waals surface area contributed by atoms with Crippen LogP contribution in [-0.4, -0.2) is 60.7 Å². The van der Waals surface area contributed by atoms with E-state index in [4.69, 9.17) is 9.73 Å². The van der Waals surface area contributed by atoms with E-state index >= 15 is 0 Å². The number of imidazole rings is 1. The highest BCUT2D eigenvalue weighted by Gasteiger charge is 2.19. The number of nitrogens with zero attached hydrogens (tertiary/aromatic N) is 3. The third kappa shape index (κ3) is 5.57. The van der Waals surface area contributed by atoms with Crippen molar-refractivity contribution in [2.45, 2.75) is 19.8 Å². The van der Waals surface area contributed by atoms with Crippen LogP contribution >= 0.6 is 24.0 Å². The number of guanidine groups is 1. The Morgan fingerprint density at radius 1 is 1.44 bits per heavy atom. The van der Waals surface area contributed by atoms with E-state index in [1.165, 1.54) is 0 Å². The predicted molar refractivity (Wildman–Crippen MR) is 113 cm³/mol. The van der Waals surface area contributed by atoms with Gasteiger partial charge in [0.2, 0.25) is 0 Å². The Morgan fingerprint density at radius 2 is 2.28 bits per heavy atom. The molecule has 1 fully saturated rings. The number of fused-ring (bicyclic) bond motifs is 1. The fraction of sp³-hybridized carbons (Fsp3) is 0.556. The van der Waals surface area contributed by atoms with Crippen molar-refractivity contribution in [3.05, 3.63) is 30.1 Å². The molecule has 2 heterocycles. The van der Waals surface area contributed by atoms with Crippen LogP contribution in [0.1, 0.15) is 19.2 Å². The van der Waals surface area contributed by atoms with E-state index in [1.54, 1.807) is 0 Å². The van der Waals surface area contributed by atoms with Gasteiger partial charge in [0.15, 0.2) is 5.96 Å². The molecule has 0 bridgehead atoms. The van der Waals surface area contributed by atoms with Gasteiger partial charge in [0, 0.05) is 45.6 Å². The number of aliphatic imine (C=N–C) groups is 1. The number of halogens is 1. The van der Waals surface area contributed by atoms with Gasteiger partial charge in [0.05, 0.1) is 17.6 Å². The van der Waals surface area contributed by atoms with Crippen molar-refractivity contribution in [3.8, 4) is 0 Å². The number of rotatable bonds is 6. The van der Waals surface area contributed by atoms with Crippen molar-refractivity contribution in [1.29, 1.82) is 0 Å². The van der Waals surface area contributed by atoms with E-state index in [-0.39, 0.29) is 24.0 Å². The van der Waals surface area contributed by atoms with Gasteiger partial charge in [-0.1, -0.05) is 12.1 Å². The van der Waals surface area contributed by atoms with Crippen LogP contribution in [-0.2, 0) is 11.2 Å². The molecule has 0 spiro atoms. The number of ether oxygens (including phenoxy) is 1. The summed E-state index contributed by atoms with van der Waals surface area (Å²) in [6.45, 7) is 6.42. The van der Waals surface area contributed by atoms with E-state index in [9.17, 15) is 0 Å². The van der Waals surface area contributed by atoms with E-state index in [2.05, 4.69) is 40.2 Å². The zero-order chi connectivity index (χ0) is 16.8. The summed E-state index contributed by atoms with van der Waals surface area (Å²) in [7, 11) is 2.10. The molecule has 1 aromatic heterocycles. The van der Waals surface area contributed by atoms with Gasteiger partial charge in [-0.15, -0.1) is 24.0 Å². The molecule has 2 aromatic rings. The third-order valence-electron chi connectivity index (χ3n) is 4.30. The number of aromatic nitrogens is 2. The Labute approximate surface area is 166 Å². The minimum atomic E-state index is 0. The first-order chi connectivity index (χ1) is 11.8. The molecule has 1 aromatic carbocycles. The first-order valence-electron chi connectivity index (χ1n) is 8.77. The summed E-state index contributed by atoms with van der Waals surface area (Å²) in [5, 5.41) is 3.37. The molecule has 0 radical (unpaired) electrons. The van der Waals surface area contributed by atoms with Crippen LogP contribution in [0.5, 0.6) is 0 Å². The van der Waals surface area contributed by atoms with Crippen LogP contribution in [0.25, 0.3) is 11.0 Å². The topological polar surface area (TPSA) is 65.5 Å². The molecule has 1 aliphatic heterocycles. The summed E-state index contributed by atoms with van der Waals surface area (Å²) in [6, 6.07) is 8.11. The third-order valence-corrected chi connectivity index (χ3v) is 4.30. The molecule has 0 aliphatic carbocycles.